The number of halogens is 4. The summed E-state index contributed by atoms with van der Waals surface area (Å²) in [4.78, 5) is 0. The quantitative estimate of drug-likeness (QED) is 0.408. The molecule has 0 radical (unpaired) electrons. The fraction of sp³-hybridized carbons (Fsp3) is 0.500. The summed E-state index contributed by atoms with van der Waals surface area (Å²) in [5, 5.41) is 0.305. The summed E-state index contributed by atoms with van der Waals surface area (Å²) >= 11 is 6.11. The van der Waals surface area contributed by atoms with Crippen LogP contribution in [0.4, 0.5) is 13.2 Å². The maximum atomic E-state index is 12.2. The first kappa shape index (κ1) is 18.9. The van der Waals surface area contributed by atoms with Crippen LogP contribution in [0.15, 0.2) is 30.4 Å². The Balaban J connectivity index is 1.96. The molecule has 0 heterocycles. The number of hydrogen-bond donors (Lipinski definition) is 0. The smallest absolute Gasteiger partial charge is 0.159 e. The van der Waals surface area contributed by atoms with Gasteiger partial charge in [0, 0.05) is 11.5 Å². The highest BCUT2D eigenvalue weighted by Crippen LogP contribution is 2.38. The minimum Gasteiger partial charge on any atom is -0.159 e. The second-order valence-corrected chi connectivity index (χ2v) is 6.76. The lowest BCUT2D eigenvalue weighted by Crippen LogP contribution is -2.13. The van der Waals surface area contributed by atoms with Crippen molar-refractivity contribution in [2.45, 2.75) is 57.5 Å². The van der Waals surface area contributed by atoms with Crippen molar-refractivity contribution >= 4 is 11.6 Å². The van der Waals surface area contributed by atoms with Crippen LogP contribution in [0.5, 0.6) is 0 Å². The fourth-order valence-electron chi connectivity index (χ4n) is 3.31. The largest absolute Gasteiger partial charge is 0.458 e. The summed E-state index contributed by atoms with van der Waals surface area (Å²) in [6.45, 7) is 2.05. The van der Waals surface area contributed by atoms with E-state index in [-0.39, 0.29) is 5.56 Å². The molecule has 0 bridgehead atoms. The molecule has 0 N–H and O–H groups in total. The number of rotatable bonds is 4. The van der Waals surface area contributed by atoms with E-state index in [0.29, 0.717) is 10.9 Å². The van der Waals surface area contributed by atoms with Gasteiger partial charge in [0.15, 0.2) is 0 Å². The van der Waals surface area contributed by atoms with Gasteiger partial charge in [-0.1, -0.05) is 35.7 Å². The Labute approximate surface area is 147 Å². The van der Waals surface area contributed by atoms with Crippen LogP contribution in [0.3, 0.4) is 0 Å². The molecule has 0 amide bonds. The van der Waals surface area contributed by atoms with Gasteiger partial charge in [-0.3, -0.25) is 0 Å². The number of hydrogen-bond acceptors (Lipinski definition) is 0. The number of alkyl halides is 3. The molecule has 2 rings (SSSR count). The predicted octanol–water partition coefficient (Wildman–Crippen LogP) is 6.88. The minimum absolute atomic E-state index is 0.234. The first-order chi connectivity index (χ1) is 11.4. The molecular formula is C20H22ClF3. The Morgan fingerprint density at radius 1 is 1.21 bits per heavy atom. The molecule has 1 fully saturated rings. The molecule has 0 nitrogen and oxygen atoms in total. The van der Waals surface area contributed by atoms with Gasteiger partial charge in [-0.25, -0.2) is 0 Å². The highest BCUT2D eigenvalue weighted by atomic mass is 35.5. The Morgan fingerprint density at radius 2 is 1.92 bits per heavy atom. The Hall–Kier alpha value is -1.40. The molecule has 4 heteroatoms. The van der Waals surface area contributed by atoms with E-state index in [9.17, 15) is 13.2 Å². The molecule has 0 aliphatic heterocycles. The van der Waals surface area contributed by atoms with Crippen molar-refractivity contribution in [1.29, 1.82) is 0 Å². The van der Waals surface area contributed by atoms with Gasteiger partial charge in [0.05, 0.1) is 5.02 Å². The maximum Gasteiger partial charge on any atom is 0.458 e. The topological polar surface area (TPSA) is 0 Å². The van der Waals surface area contributed by atoms with Crippen LogP contribution in [0.2, 0.25) is 5.02 Å². The van der Waals surface area contributed by atoms with Crippen molar-refractivity contribution in [3.63, 3.8) is 0 Å². The van der Waals surface area contributed by atoms with Gasteiger partial charge in [0.2, 0.25) is 0 Å². The van der Waals surface area contributed by atoms with E-state index in [0.717, 1.165) is 30.7 Å². The average Bonchev–Trinajstić information content (AvgIpc) is 2.54. The van der Waals surface area contributed by atoms with Gasteiger partial charge in [-0.2, -0.15) is 13.2 Å². The summed E-state index contributed by atoms with van der Waals surface area (Å²) in [5.74, 6) is 4.60. The first-order valence-electron chi connectivity index (χ1n) is 8.39. The van der Waals surface area contributed by atoms with Gasteiger partial charge in [-0.05, 0) is 75.0 Å². The summed E-state index contributed by atoms with van der Waals surface area (Å²) in [7, 11) is 0. The predicted molar refractivity (Wildman–Crippen MR) is 93.1 cm³/mol. The van der Waals surface area contributed by atoms with E-state index in [1.807, 2.05) is 13.0 Å². The van der Waals surface area contributed by atoms with E-state index in [1.165, 1.54) is 25.2 Å². The molecule has 1 aliphatic carbocycles. The van der Waals surface area contributed by atoms with Crippen molar-refractivity contribution in [3.8, 4) is 11.8 Å². The molecule has 130 valence electrons. The standard InChI is InChI=1S/C20H22ClF3/c1-2-3-4-5-15-6-8-16(9-7-15)18-11-10-17(19(21)14-18)12-13-20(22,23)24/h2-3,10-11,14-16H,4-9H2,1H3. The third kappa shape index (κ3) is 5.91. The van der Waals surface area contributed by atoms with Crippen LogP contribution in [0.25, 0.3) is 0 Å². The number of benzene rings is 1. The van der Waals surface area contributed by atoms with Crippen LogP contribution in [-0.2, 0) is 0 Å². The van der Waals surface area contributed by atoms with Gasteiger partial charge in [0.25, 0.3) is 0 Å². The van der Waals surface area contributed by atoms with E-state index >= 15 is 0 Å². The Bertz CT molecular complexity index is 627. The van der Waals surface area contributed by atoms with E-state index in [4.69, 9.17) is 11.6 Å². The molecule has 0 atom stereocenters. The Kier molecular flexibility index (Phi) is 6.80. The van der Waals surface area contributed by atoms with Crippen molar-refractivity contribution in [2.75, 3.05) is 0 Å². The molecule has 24 heavy (non-hydrogen) atoms. The zero-order valence-electron chi connectivity index (χ0n) is 13.8. The van der Waals surface area contributed by atoms with Crippen LogP contribution >= 0.6 is 11.6 Å². The maximum absolute atomic E-state index is 12.2. The lowest BCUT2D eigenvalue weighted by Gasteiger charge is -2.28. The molecule has 0 spiro atoms. The molecule has 1 saturated carbocycles. The van der Waals surface area contributed by atoms with Crippen molar-refractivity contribution < 1.29 is 13.2 Å². The average molecular weight is 355 g/mol. The van der Waals surface area contributed by atoms with Crippen LogP contribution in [-0.4, -0.2) is 6.18 Å². The van der Waals surface area contributed by atoms with Gasteiger partial charge in [0.1, 0.15) is 0 Å². The van der Waals surface area contributed by atoms with Crippen LogP contribution in [0.1, 0.15) is 62.5 Å². The highest BCUT2D eigenvalue weighted by molar-refractivity contribution is 6.31. The summed E-state index contributed by atoms with van der Waals surface area (Å²) in [6.07, 6.45) is 6.84. The molecule has 0 aromatic heterocycles. The third-order valence-electron chi connectivity index (χ3n) is 4.63. The second kappa shape index (κ2) is 8.62. The van der Waals surface area contributed by atoms with Crippen LogP contribution in [0, 0.1) is 17.8 Å². The summed E-state index contributed by atoms with van der Waals surface area (Å²) < 4.78 is 36.5. The van der Waals surface area contributed by atoms with E-state index < -0.39 is 6.18 Å². The fourth-order valence-corrected chi connectivity index (χ4v) is 3.54. The third-order valence-corrected chi connectivity index (χ3v) is 4.94. The molecule has 0 saturated heterocycles. The zero-order chi connectivity index (χ0) is 17.6. The Morgan fingerprint density at radius 3 is 2.50 bits per heavy atom. The first-order valence-corrected chi connectivity index (χ1v) is 8.77. The minimum atomic E-state index is -4.49. The SMILES string of the molecule is CC=CCCC1CCC(c2ccc(C#CC(F)(F)F)c(Cl)c2)CC1. The lowest BCUT2D eigenvalue weighted by molar-refractivity contribution is -0.0696. The van der Waals surface area contributed by atoms with Crippen molar-refractivity contribution in [2.24, 2.45) is 5.92 Å². The normalized spacial score (nSPS) is 21.5. The van der Waals surface area contributed by atoms with Crippen LogP contribution < -0.4 is 0 Å². The van der Waals surface area contributed by atoms with Crippen molar-refractivity contribution in [3.05, 3.63) is 46.5 Å². The summed E-state index contributed by atoms with van der Waals surface area (Å²) in [6, 6.07) is 5.26. The molecule has 1 aromatic carbocycles. The monoisotopic (exact) mass is 354 g/mol. The van der Waals surface area contributed by atoms with Crippen molar-refractivity contribution in [1.82, 2.24) is 0 Å². The van der Waals surface area contributed by atoms with Gasteiger partial charge in [-0.15, -0.1) is 0 Å². The number of allylic oxidation sites excluding steroid dienone is 2. The van der Waals surface area contributed by atoms with E-state index in [2.05, 4.69) is 18.1 Å². The van der Waals surface area contributed by atoms with E-state index in [1.54, 1.807) is 12.1 Å². The molecule has 1 aliphatic rings. The van der Waals surface area contributed by atoms with Gasteiger partial charge >= 0.3 is 6.18 Å². The molecule has 0 unspecified atom stereocenters. The lowest BCUT2D eigenvalue weighted by atomic mass is 9.77. The highest BCUT2D eigenvalue weighted by Gasteiger charge is 2.24. The molecular weight excluding hydrogens is 333 g/mol. The second-order valence-electron chi connectivity index (χ2n) is 6.35. The van der Waals surface area contributed by atoms with Gasteiger partial charge < -0.3 is 0 Å². The molecule has 1 aromatic rings. The zero-order valence-corrected chi connectivity index (χ0v) is 14.6. The summed E-state index contributed by atoms with van der Waals surface area (Å²) in [5.41, 5.74) is 1.35.